The second kappa shape index (κ2) is 6.98. The second-order valence-corrected chi connectivity index (χ2v) is 7.41. The molecule has 7 nitrogen and oxygen atoms in total. The van der Waals surface area contributed by atoms with Crippen molar-refractivity contribution in [3.05, 3.63) is 79.1 Å². The number of nitrogens with zero attached hydrogens (tertiary/aromatic N) is 4. The van der Waals surface area contributed by atoms with Crippen LogP contribution in [0.3, 0.4) is 0 Å². The van der Waals surface area contributed by atoms with Gasteiger partial charge in [-0.25, -0.2) is 14.4 Å². The molecule has 0 bridgehead atoms. The summed E-state index contributed by atoms with van der Waals surface area (Å²) in [5.74, 6) is -0.209. The quantitative estimate of drug-likeness (QED) is 0.369. The highest BCUT2D eigenvalue weighted by atomic mass is 19.1. The summed E-state index contributed by atoms with van der Waals surface area (Å²) in [4.78, 5) is 16.2. The minimum atomic E-state index is -0.290. The topological polar surface area (TPSA) is 103 Å². The minimum Gasteiger partial charge on any atom is -0.506 e. The van der Waals surface area contributed by atoms with E-state index in [1.54, 1.807) is 42.9 Å². The Kier molecular flexibility index (Phi) is 3.97. The standard InChI is InChI=1S/C24H15FN6O/c25-20-4-2-1-3-17(20)16-5-6-27-23-18(16)9-21(29-23)22-19-8-14(11-28-24(19)31-30-22)13-7-15(32)12-26-10-13/h1-12,32H,(H,27,29)(H,28,30,31). The Bertz CT molecular complexity index is 1620. The Morgan fingerprint density at radius 2 is 1.69 bits per heavy atom. The number of rotatable bonds is 3. The molecule has 0 fully saturated rings. The smallest absolute Gasteiger partial charge is 0.155 e. The van der Waals surface area contributed by atoms with E-state index in [1.165, 1.54) is 12.3 Å². The zero-order chi connectivity index (χ0) is 21.7. The van der Waals surface area contributed by atoms with Crippen molar-refractivity contribution in [1.82, 2.24) is 30.1 Å². The highest BCUT2D eigenvalue weighted by Gasteiger charge is 2.16. The van der Waals surface area contributed by atoms with Gasteiger partial charge in [0.05, 0.1) is 11.9 Å². The molecule has 0 aliphatic rings. The van der Waals surface area contributed by atoms with Gasteiger partial charge in [0.15, 0.2) is 5.65 Å². The summed E-state index contributed by atoms with van der Waals surface area (Å²) < 4.78 is 14.4. The van der Waals surface area contributed by atoms with Crippen LogP contribution in [0.1, 0.15) is 0 Å². The van der Waals surface area contributed by atoms with E-state index >= 15 is 0 Å². The Morgan fingerprint density at radius 1 is 0.812 bits per heavy atom. The van der Waals surface area contributed by atoms with Crippen molar-refractivity contribution in [3.8, 4) is 39.4 Å². The molecule has 5 heterocycles. The molecule has 0 aliphatic carbocycles. The lowest BCUT2D eigenvalue weighted by Gasteiger charge is -2.04. The molecule has 0 atom stereocenters. The molecule has 32 heavy (non-hydrogen) atoms. The van der Waals surface area contributed by atoms with Crippen LogP contribution < -0.4 is 0 Å². The molecular formula is C24H15FN6O. The first-order chi connectivity index (χ1) is 15.7. The van der Waals surface area contributed by atoms with Crippen molar-refractivity contribution in [2.75, 3.05) is 0 Å². The van der Waals surface area contributed by atoms with Crippen molar-refractivity contribution in [2.45, 2.75) is 0 Å². The van der Waals surface area contributed by atoms with Gasteiger partial charge in [-0.15, -0.1) is 0 Å². The fourth-order valence-corrected chi connectivity index (χ4v) is 3.92. The van der Waals surface area contributed by atoms with Gasteiger partial charge in [0.25, 0.3) is 0 Å². The summed E-state index contributed by atoms with van der Waals surface area (Å²) >= 11 is 0. The highest BCUT2D eigenvalue weighted by molar-refractivity contribution is 5.99. The van der Waals surface area contributed by atoms with Crippen LogP contribution in [0.4, 0.5) is 4.39 Å². The monoisotopic (exact) mass is 422 g/mol. The maximum Gasteiger partial charge on any atom is 0.155 e. The molecule has 0 saturated carbocycles. The number of fused-ring (bicyclic) bond motifs is 2. The third kappa shape index (κ3) is 2.89. The number of aromatic hydroxyl groups is 1. The van der Waals surface area contributed by atoms with Gasteiger partial charge in [-0.3, -0.25) is 10.1 Å². The summed E-state index contributed by atoms with van der Waals surface area (Å²) in [5.41, 5.74) is 5.46. The fourth-order valence-electron chi connectivity index (χ4n) is 3.92. The number of benzene rings is 1. The van der Waals surface area contributed by atoms with Crippen molar-refractivity contribution in [1.29, 1.82) is 0 Å². The molecular weight excluding hydrogens is 407 g/mol. The lowest BCUT2D eigenvalue weighted by Crippen LogP contribution is -1.85. The minimum absolute atomic E-state index is 0.0809. The maximum atomic E-state index is 14.4. The highest BCUT2D eigenvalue weighted by Crippen LogP contribution is 2.34. The van der Waals surface area contributed by atoms with E-state index in [9.17, 15) is 9.50 Å². The predicted molar refractivity (Wildman–Crippen MR) is 119 cm³/mol. The zero-order valence-electron chi connectivity index (χ0n) is 16.5. The van der Waals surface area contributed by atoms with E-state index in [2.05, 4.69) is 30.1 Å². The molecule has 0 aliphatic heterocycles. The van der Waals surface area contributed by atoms with Gasteiger partial charge in [0, 0.05) is 46.1 Å². The Balaban J connectivity index is 1.52. The maximum absolute atomic E-state index is 14.4. The van der Waals surface area contributed by atoms with Gasteiger partial charge >= 0.3 is 0 Å². The molecule has 0 saturated heterocycles. The van der Waals surface area contributed by atoms with Crippen LogP contribution in [-0.2, 0) is 0 Å². The first-order valence-corrected chi connectivity index (χ1v) is 9.89. The Labute approximate surface area is 180 Å². The third-order valence-electron chi connectivity index (χ3n) is 5.42. The molecule has 6 rings (SSSR count). The van der Waals surface area contributed by atoms with E-state index in [1.807, 2.05) is 18.2 Å². The largest absolute Gasteiger partial charge is 0.506 e. The van der Waals surface area contributed by atoms with Crippen LogP contribution in [0.5, 0.6) is 5.75 Å². The van der Waals surface area contributed by atoms with Crippen molar-refractivity contribution < 1.29 is 9.50 Å². The van der Waals surface area contributed by atoms with Crippen LogP contribution in [0.2, 0.25) is 0 Å². The van der Waals surface area contributed by atoms with Crippen molar-refractivity contribution in [3.63, 3.8) is 0 Å². The van der Waals surface area contributed by atoms with E-state index in [-0.39, 0.29) is 11.6 Å². The van der Waals surface area contributed by atoms with Crippen molar-refractivity contribution >= 4 is 22.1 Å². The number of pyridine rings is 3. The number of hydrogen-bond acceptors (Lipinski definition) is 5. The van der Waals surface area contributed by atoms with Gasteiger partial charge in [-0.05, 0) is 35.9 Å². The first kappa shape index (κ1) is 18.2. The molecule has 0 spiro atoms. The number of H-pyrrole nitrogens is 2. The predicted octanol–water partition coefficient (Wildman–Crippen LogP) is 5.07. The van der Waals surface area contributed by atoms with Gasteiger partial charge in [-0.2, -0.15) is 5.10 Å². The molecule has 3 N–H and O–H groups in total. The van der Waals surface area contributed by atoms with Crippen LogP contribution in [0, 0.1) is 5.82 Å². The number of aromatic nitrogens is 6. The van der Waals surface area contributed by atoms with Crippen LogP contribution in [0.15, 0.2) is 73.3 Å². The zero-order valence-corrected chi connectivity index (χ0v) is 16.5. The third-order valence-corrected chi connectivity index (χ3v) is 5.42. The van der Waals surface area contributed by atoms with E-state index < -0.39 is 0 Å². The first-order valence-electron chi connectivity index (χ1n) is 9.89. The molecule has 0 amide bonds. The molecule has 0 radical (unpaired) electrons. The molecule has 8 heteroatoms. The lowest BCUT2D eigenvalue weighted by molar-refractivity contribution is 0.473. The van der Waals surface area contributed by atoms with Gasteiger partial charge in [0.2, 0.25) is 0 Å². The molecule has 6 aromatic rings. The summed E-state index contributed by atoms with van der Waals surface area (Å²) in [5, 5.41) is 18.8. The van der Waals surface area contributed by atoms with E-state index in [0.29, 0.717) is 22.6 Å². The van der Waals surface area contributed by atoms with Crippen molar-refractivity contribution in [2.24, 2.45) is 0 Å². The van der Waals surface area contributed by atoms with Crippen LogP contribution >= 0.6 is 0 Å². The second-order valence-electron chi connectivity index (χ2n) is 7.41. The number of aromatic amines is 2. The molecule has 154 valence electrons. The number of halogens is 1. The molecule has 5 aromatic heterocycles. The van der Waals surface area contributed by atoms with E-state index in [0.717, 1.165) is 33.2 Å². The van der Waals surface area contributed by atoms with Crippen LogP contribution in [0.25, 0.3) is 55.7 Å². The SMILES string of the molecule is Oc1cncc(-c2cnc3[nH]nc(-c4cc5c(-c6ccccc6F)ccnc5[nH]4)c3c2)c1. The van der Waals surface area contributed by atoms with Gasteiger partial charge in [0.1, 0.15) is 22.9 Å². The summed E-state index contributed by atoms with van der Waals surface area (Å²) in [7, 11) is 0. The average molecular weight is 422 g/mol. The van der Waals surface area contributed by atoms with E-state index in [4.69, 9.17) is 0 Å². The Morgan fingerprint density at radius 3 is 2.56 bits per heavy atom. The lowest BCUT2D eigenvalue weighted by atomic mass is 10.0. The van der Waals surface area contributed by atoms with Gasteiger partial charge < -0.3 is 10.1 Å². The fraction of sp³-hybridized carbons (Fsp3) is 0. The molecule has 0 unspecified atom stereocenters. The Hall–Kier alpha value is -4.59. The molecule has 1 aromatic carbocycles. The summed E-state index contributed by atoms with van der Waals surface area (Å²) in [6.07, 6.45) is 6.39. The van der Waals surface area contributed by atoms with Gasteiger partial charge in [-0.1, -0.05) is 18.2 Å². The summed E-state index contributed by atoms with van der Waals surface area (Å²) in [6.45, 7) is 0. The summed E-state index contributed by atoms with van der Waals surface area (Å²) in [6, 6.07) is 14.0. The normalized spacial score (nSPS) is 11.4. The number of nitrogens with one attached hydrogen (secondary N) is 2. The number of hydrogen-bond donors (Lipinski definition) is 3. The average Bonchev–Trinajstić information content (AvgIpc) is 3.43. The van der Waals surface area contributed by atoms with Crippen LogP contribution in [-0.4, -0.2) is 35.2 Å².